The van der Waals surface area contributed by atoms with Crippen LogP contribution in [-0.2, 0) is 11.8 Å². The van der Waals surface area contributed by atoms with E-state index in [2.05, 4.69) is 15.5 Å². The lowest BCUT2D eigenvalue weighted by Crippen LogP contribution is -2.40. The van der Waals surface area contributed by atoms with Gasteiger partial charge in [-0.05, 0) is 31.9 Å². The Bertz CT molecular complexity index is 1050. The predicted molar refractivity (Wildman–Crippen MR) is 106 cm³/mol. The first-order valence-corrected chi connectivity index (χ1v) is 10.2. The molecule has 7 nitrogen and oxygen atoms in total. The van der Waals surface area contributed by atoms with E-state index in [4.69, 9.17) is 0 Å². The topological polar surface area (TPSA) is 81.3 Å². The Labute approximate surface area is 161 Å². The fraction of sp³-hybridized carbons (Fsp3) is 0.474. The number of nitrogens with one attached hydrogen (secondary N) is 1. The van der Waals surface area contributed by atoms with Crippen LogP contribution in [-0.4, -0.2) is 36.4 Å². The van der Waals surface area contributed by atoms with Crippen molar-refractivity contribution in [2.45, 2.75) is 55.5 Å². The zero-order valence-corrected chi connectivity index (χ0v) is 16.3. The monoisotopic (exact) mass is 385 g/mol. The average Bonchev–Trinajstić information content (AvgIpc) is 3.10. The number of hydrogen-bond donors (Lipinski definition) is 1. The lowest BCUT2D eigenvalue weighted by molar-refractivity contribution is -0.121. The molecule has 8 heteroatoms. The molecule has 1 N–H and O–H groups in total. The van der Waals surface area contributed by atoms with Gasteiger partial charge in [0.15, 0.2) is 5.16 Å². The number of carbonyl (C=O) groups excluding carboxylic acids is 1. The highest BCUT2D eigenvalue weighted by Crippen LogP contribution is 2.25. The number of benzene rings is 1. The minimum atomic E-state index is -0.296. The van der Waals surface area contributed by atoms with Crippen molar-refractivity contribution in [1.29, 1.82) is 0 Å². The van der Waals surface area contributed by atoms with E-state index in [0.29, 0.717) is 16.3 Å². The van der Waals surface area contributed by atoms with Gasteiger partial charge in [-0.2, -0.15) is 0 Å². The van der Waals surface area contributed by atoms with Crippen LogP contribution in [0.25, 0.3) is 16.7 Å². The summed E-state index contributed by atoms with van der Waals surface area (Å²) in [7, 11) is 1.69. The van der Waals surface area contributed by atoms with Crippen molar-refractivity contribution in [3.8, 4) is 0 Å². The van der Waals surface area contributed by atoms with Gasteiger partial charge in [0.25, 0.3) is 5.56 Å². The molecule has 1 aliphatic rings. The molecule has 1 aromatic carbocycles. The number of hydrogen-bond acceptors (Lipinski definition) is 5. The molecule has 1 unspecified atom stereocenters. The molecule has 1 amide bonds. The van der Waals surface area contributed by atoms with Crippen molar-refractivity contribution in [3.05, 3.63) is 34.6 Å². The molecule has 1 aliphatic carbocycles. The van der Waals surface area contributed by atoms with Gasteiger partial charge in [-0.3, -0.25) is 18.6 Å². The van der Waals surface area contributed by atoms with Crippen molar-refractivity contribution < 1.29 is 4.79 Å². The molecule has 0 saturated heterocycles. The van der Waals surface area contributed by atoms with Crippen LogP contribution in [0.5, 0.6) is 0 Å². The van der Waals surface area contributed by atoms with Crippen LogP contribution in [0.3, 0.4) is 0 Å². The van der Waals surface area contributed by atoms with Crippen LogP contribution in [0.1, 0.15) is 39.0 Å². The first-order chi connectivity index (χ1) is 13.1. The largest absolute Gasteiger partial charge is 0.352 e. The molecule has 1 atom stereocenters. The molecule has 3 aromatic rings. The van der Waals surface area contributed by atoms with Gasteiger partial charge in [0.2, 0.25) is 11.7 Å². The van der Waals surface area contributed by atoms with E-state index in [-0.39, 0.29) is 22.8 Å². The van der Waals surface area contributed by atoms with Crippen LogP contribution in [0.15, 0.2) is 34.2 Å². The Balaban J connectivity index is 1.64. The number of rotatable bonds is 4. The van der Waals surface area contributed by atoms with Gasteiger partial charge in [-0.15, -0.1) is 10.2 Å². The maximum atomic E-state index is 12.6. The van der Waals surface area contributed by atoms with E-state index < -0.39 is 0 Å². The fourth-order valence-corrected chi connectivity index (χ4v) is 4.53. The van der Waals surface area contributed by atoms with Gasteiger partial charge in [0.1, 0.15) is 0 Å². The van der Waals surface area contributed by atoms with E-state index in [0.717, 1.165) is 18.4 Å². The quantitative estimate of drug-likeness (QED) is 0.698. The SMILES string of the molecule is CC(Sc1nnc2n(C)c(=O)c3ccccc3n12)C(=O)NC1CCCCC1. The average molecular weight is 385 g/mol. The van der Waals surface area contributed by atoms with Gasteiger partial charge in [0.05, 0.1) is 16.2 Å². The van der Waals surface area contributed by atoms with E-state index in [1.54, 1.807) is 13.1 Å². The molecule has 1 fully saturated rings. The highest BCUT2D eigenvalue weighted by molar-refractivity contribution is 8.00. The first kappa shape index (κ1) is 18.0. The number of nitrogens with zero attached hydrogens (tertiary/aromatic N) is 4. The highest BCUT2D eigenvalue weighted by atomic mass is 32.2. The minimum absolute atomic E-state index is 0.0257. The summed E-state index contributed by atoms with van der Waals surface area (Å²) < 4.78 is 3.35. The van der Waals surface area contributed by atoms with Crippen molar-refractivity contribution in [3.63, 3.8) is 0 Å². The Hall–Kier alpha value is -2.35. The van der Waals surface area contributed by atoms with Crippen LogP contribution in [0.2, 0.25) is 0 Å². The normalized spacial score (nSPS) is 16.7. The standard InChI is InChI=1S/C19H23N5O2S/c1-12(16(25)20-13-8-4-3-5-9-13)27-19-22-21-18-23(2)17(26)14-10-6-7-11-15(14)24(18)19/h6-7,10-13H,3-5,8-9H2,1-2H3,(H,20,25). The Kier molecular flexibility index (Phi) is 4.90. The molecule has 4 rings (SSSR count). The number of carbonyl (C=O) groups is 1. The molecule has 142 valence electrons. The second-order valence-electron chi connectivity index (χ2n) is 7.10. The maximum absolute atomic E-state index is 12.6. The number of fused-ring (bicyclic) bond motifs is 3. The van der Waals surface area contributed by atoms with Crippen molar-refractivity contribution >= 4 is 34.3 Å². The number of para-hydroxylation sites is 1. The molecule has 0 radical (unpaired) electrons. The molecule has 0 aliphatic heterocycles. The summed E-state index contributed by atoms with van der Waals surface area (Å²) >= 11 is 1.37. The third kappa shape index (κ3) is 3.34. The maximum Gasteiger partial charge on any atom is 0.262 e. The summed E-state index contributed by atoms with van der Waals surface area (Å²) in [6.07, 6.45) is 5.74. The number of amides is 1. The summed E-state index contributed by atoms with van der Waals surface area (Å²) in [6.45, 7) is 1.88. The number of thioether (sulfide) groups is 1. The van der Waals surface area contributed by atoms with Gasteiger partial charge in [0, 0.05) is 13.1 Å². The second kappa shape index (κ2) is 7.34. The van der Waals surface area contributed by atoms with Crippen LogP contribution < -0.4 is 10.9 Å². The van der Waals surface area contributed by atoms with Gasteiger partial charge in [-0.1, -0.05) is 43.2 Å². The molecule has 27 heavy (non-hydrogen) atoms. The minimum Gasteiger partial charge on any atom is -0.352 e. The molecule has 0 bridgehead atoms. The summed E-state index contributed by atoms with van der Waals surface area (Å²) in [5.74, 6) is 0.499. The molecule has 0 spiro atoms. The smallest absolute Gasteiger partial charge is 0.262 e. The third-order valence-corrected chi connectivity index (χ3v) is 6.24. The summed E-state index contributed by atoms with van der Waals surface area (Å²) in [5.41, 5.74) is 0.646. The van der Waals surface area contributed by atoms with E-state index >= 15 is 0 Å². The lowest BCUT2D eigenvalue weighted by atomic mass is 9.95. The molecular formula is C19H23N5O2S. The molecule has 2 aromatic heterocycles. The fourth-order valence-electron chi connectivity index (χ4n) is 3.66. The summed E-state index contributed by atoms with van der Waals surface area (Å²) in [4.78, 5) is 25.1. The Morgan fingerprint density at radius 3 is 2.74 bits per heavy atom. The molecular weight excluding hydrogens is 362 g/mol. The predicted octanol–water partition coefficient (Wildman–Crippen LogP) is 2.51. The number of aryl methyl sites for hydroxylation is 1. The van der Waals surface area contributed by atoms with Crippen LogP contribution in [0.4, 0.5) is 0 Å². The number of aromatic nitrogens is 4. The van der Waals surface area contributed by atoms with E-state index in [1.165, 1.54) is 35.6 Å². The highest BCUT2D eigenvalue weighted by Gasteiger charge is 2.23. The molecule has 1 saturated carbocycles. The Morgan fingerprint density at radius 1 is 1.22 bits per heavy atom. The van der Waals surface area contributed by atoms with E-state index in [1.807, 2.05) is 29.5 Å². The van der Waals surface area contributed by atoms with Crippen LogP contribution >= 0.6 is 11.8 Å². The summed E-state index contributed by atoms with van der Waals surface area (Å²) in [5, 5.41) is 12.5. The van der Waals surface area contributed by atoms with Crippen molar-refractivity contribution in [2.24, 2.45) is 7.05 Å². The van der Waals surface area contributed by atoms with E-state index in [9.17, 15) is 9.59 Å². The first-order valence-electron chi connectivity index (χ1n) is 9.36. The van der Waals surface area contributed by atoms with Crippen molar-refractivity contribution in [1.82, 2.24) is 24.5 Å². The zero-order chi connectivity index (χ0) is 19.0. The van der Waals surface area contributed by atoms with Crippen molar-refractivity contribution in [2.75, 3.05) is 0 Å². The second-order valence-corrected chi connectivity index (χ2v) is 8.41. The van der Waals surface area contributed by atoms with Gasteiger partial charge in [-0.25, -0.2) is 0 Å². The summed E-state index contributed by atoms with van der Waals surface area (Å²) in [6, 6.07) is 7.68. The Morgan fingerprint density at radius 2 is 1.96 bits per heavy atom. The molecule has 2 heterocycles. The van der Waals surface area contributed by atoms with Crippen LogP contribution in [0, 0.1) is 0 Å². The van der Waals surface area contributed by atoms with Gasteiger partial charge < -0.3 is 5.32 Å². The lowest BCUT2D eigenvalue weighted by Gasteiger charge is -2.24. The van der Waals surface area contributed by atoms with Gasteiger partial charge >= 0.3 is 0 Å². The zero-order valence-electron chi connectivity index (χ0n) is 15.5. The third-order valence-electron chi connectivity index (χ3n) is 5.20.